The van der Waals surface area contributed by atoms with Crippen LogP contribution in [-0.2, 0) is 16.0 Å². The van der Waals surface area contributed by atoms with E-state index in [0.29, 0.717) is 29.4 Å². The van der Waals surface area contributed by atoms with Crippen molar-refractivity contribution in [3.05, 3.63) is 53.6 Å². The Morgan fingerprint density at radius 1 is 1.14 bits per heavy atom. The number of carbonyl (C=O) groups is 2. The zero-order chi connectivity index (χ0) is 20.9. The van der Waals surface area contributed by atoms with Crippen molar-refractivity contribution in [2.75, 3.05) is 18.5 Å². The number of benzene rings is 2. The van der Waals surface area contributed by atoms with E-state index >= 15 is 0 Å². The SMILES string of the molecule is CCCCOC(=O)c1ccc(NC(=O)COc2cccc3c2OC(C)(C)C3)cc1. The van der Waals surface area contributed by atoms with Gasteiger partial charge in [0.1, 0.15) is 5.60 Å². The van der Waals surface area contributed by atoms with E-state index in [1.54, 1.807) is 30.3 Å². The fraction of sp³-hybridized carbons (Fsp3) is 0.391. The van der Waals surface area contributed by atoms with E-state index in [1.807, 2.05) is 32.9 Å². The smallest absolute Gasteiger partial charge is 0.338 e. The maximum Gasteiger partial charge on any atom is 0.338 e. The number of rotatable bonds is 8. The average molecular weight is 397 g/mol. The lowest BCUT2D eigenvalue weighted by Crippen LogP contribution is -2.25. The monoisotopic (exact) mass is 397 g/mol. The molecule has 2 aromatic carbocycles. The average Bonchev–Trinajstić information content (AvgIpc) is 3.01. The summed E-state index contributed by atoms with van der Waals surface area (Å²) in [6.45, 7) is 6.35. The summed E-state index contributed by atoms with van der Waals surface area (Å²) in [5.41, 5.74) is 1.84. The topological polar surface area (TPSA) is 73.9 Å². The predicted molar refractivity (Wildman–Crippen MR) is 111 cm³/mol. The van der Waals surface area contributed by atoms with Gasteiger partial charge < -0.3 is 19.5 Å². The Morgan fingerprint density at radius 3 is 2.62 bits per heavy atom. The van der Waals surface area contributed by atoms with Crippen molar-refractivity contribution in [3.8, 4) is 11.5 Å². The van der Waals surface area contributed by atoms with Gasteiger partial charge in [0.15, 0.2) is 18.1 Å². The molecule has 1 aliphatic heterocycles. The van der Waals surface area contributed by atoms with Gasteiger partial charge in [0.25, 0.3) is 5.91 Å². The molecule has 1 heterocycles. The van der Waals surface area contributed by atoms with E-state index in [-0.39, 0.29) is 24.1 Å². The number of ether oxygens (including phenoxy) is 3. The lowest BCUT2D eigenvalue weighted by atomic mass is 10.0. The molecule has 6 heteroatoms. The van der Waals surface area contributed by atoms with Crippen molar-refractivity contribution in [1.82, 2.24) is 0 Å². The van der Waals surface area contributed by atoms with Crippen LogP contribution < -0.4 is 14.8 Å². The van der Waals surface area contributed by atoms with E-state index < -0.39 is 0 Å². The number of esters is 1. The third-order valence-corrected chi connectivity index (χ3v) is 4.55. The number of hydrogen-bond acceptors (Lipinski definition) is 5. The van der Waals surface area contributed by atoms with Crippen LogP contribution >= 0.6 is 0 Å². The molecule has 154 valence electrons. The Labute approximate surface area is 171 Å². The van der Waals surface area contributed by atoms with Crippen molar-refractivity contribution < 1.29 is 23.8 Å². The zero-order valence-corrected chi connectivity index (χ0v) is 17.1. The van der Waals surface area contributed by atoms with Gasteiger partial charge in [0.05, 0.1) is 12.2 Å². The van der Waals surface area contributed by atoms with Gasteiger partial charge in [0.2, 0.25) is 0 Å². The molecule has 1 amide bonds. The summed E-state index contributed by atoms with van der Waals surface area (Å²) in [7, 11) is 0. The summed E-state index contributed by atoms with van der Waals surface area (Å²) in [5.74, 6) is 0.614. The van der Waals surface area contributed by atoms with E-state index in [1.165, 1.54) is 0 Å². The summed E-state index contributed by atoms with van der Waals surface area (Å²) in [5, 5.41) is 2.76. The van der Waals surface area contributed by atoms with Gasteiger partial charge >= 0.3 is 5.97 Å². The number of amides is 1. The van der Waals surface area contributed by atoms with E-state index in [2.05, 4.69) is 5.32 Å². The highest BCUT2D eigenvalue weighted by atomic mass is 16.5. The number of anilines is 1. The molecule has 0 radical (unpaired) electrons. The van der Waals surface area contributed by atoms with Crippen LogP contribution in [0.4, 0.5) is 5.69 Å². The molecule has 2 aromatic rings. The Hall–Kier alpha value is -3.02. The number of hydrogen-bond donors (Lipinski definition) is 1. The molecule has 1 aliphatic rings. The fourth-order valence-corrected chi connectivity index (χ4v) is 3.12. The molecule has 6 nitrogen and oxygen atoms in total. The van der Waals surface area contributed by atoms with Gasteiger partial charge in [0, 0.05) is 17.7 Å². The standard InChI is InChI=1S/C23H27NO5/c1-4-5-13-27-22(26)16-9-11-18(12-10-16)24-20(25)15-28-19-8-6-7-17-14-23(2,3)29-21(17)19/h6-12H,4-5,13-15H2,1-3H3,(H,24,25). The fourth-order valence-electron chi connectivity index (χ4n) is 3.12. The molecule has 0 saturated heterocycles. The molecule has 0 atom stereocenters. The molecule has 0 aliphatic carbocycles. The molecule has 0 spiro atoms. The third kappa shape index (κ3) is 5.50. The first kappa shape index (κ1) is 20.7. The molecule has 0 unspecified atom stereocenters. The number of fused-ring (bicyclic) bond motifs is 1. The summed E-state index contributed by atoms with van der Waals surface area (Å²) in [4.78, 5) is 24.1. The third-order valence-electron chi connectivity index (χ3n) is 4.55. The number of nitrogens with one attached hydrogen (secondary N) is 1. The Kier molecular flexibility index (Phi) is 6.42. The van der Waals surface area contributed by atoms with Crippen LogP contribution in [0.3, 0.4) is 0 Å². The largest absolute Gasteiger partial charge is 0.483 e. The van der Waals surface area contributed by atoms with E-state index in [4.69, 9.17) is 14.2 Å². The van der Waals surface area contributed by atoms with Crippen LogP contribution in [-0.4, -0.2) is 30.7 Å². The van der Waals surface area contributed by atoms with Gasteiger partial charge in [-0.2, -0.15) is 0 Å². The first-order valence-electron chi connectivity index (χ1n) is 9.89. The maximum atomic E-state index is 12.2. The molecule has 0 aromatic heterocycles. The van der Waals surface area contributed by atoms with Gasteiger partial charge in [-0.3, -0.25) is 4.79 Å². The molecule has 3 rings (SSSR count). The van der Waals surface area contributed by atoms with Gasteiger partial charge in [-0.05, 0) is 50.6 Å². The van der Waals surface area contributed by atoms with Gasteiger partial charge in [-0.1, -0.05) is 25.5 Å². The van der Waals surface area contributed by atoms with Crippen LogP contribution in [0.25, 0.3) is 0 Å². The second-order valence-electron chi connectivity index (χ2n) is 7.69. The number of unbranched alkanes of at least 4 members (excludes halogenated alkanes) is 1. The first-order valence-corrected chi connectivity index (χ1v) is 9.89. The van der Waals surface area contributed by atoms with Crippen molar-refractivity contribution >= 4 is 17.6 Å². The molecule has 1 N–H and O–H groups in total. The van der Waals surface area contributed by atoms with Crippen LogP contribution in [0, 0.1) is 0 Å². The quantitative estimate of drug-likeness (QED) is 0.529. The highest BCUT2D eigenvalue weighted by Gasteiger charge is 2.32. The molecular weight excluding hydrogens is 370 g/mol. The minimum atomic E-state index is -0.361. The molecule has 0 saturated carbocycles. The lowest BCUT2D eigenvalue weighted by Gasteiger charge is -2.18. The Morgan fingerprint density at radius 2 is 1.90 bits per heavy atom. The second kappa shape index (κ2) is 8.99. The Balaban J connectivity index is 1.52. The van der Waals surface area contributed by atoms with Crippen molar-refractivity contribution in [2.45, 2.75) is 45.6 Å². The lowest BCUT2D eigenvalue weighted by molar-refractivity contribution is -0.118. The summed E-state index contributed by atoms with van der Waals surface area (Å²) >= 11 is 0. The summed E-state index contributed by atoms with van der Waals surface area (Å²) in [6.07, 6.45) is 2.61. The van der Waals surface area contributed by atoms with Gasteiger partial charge in [-0.15, -0.1) is 0 Å². The predicted octanol–water partition coefficient (Wildman–Crippen LogP) is 4.37. The molecule has 0 fully saturated rings. The molecule has 0 bridgehead atoms. The van der Waals surface area contributed by atoms with Crippen LogP contribution in [0.15, 0.2) is 42.5 Å². The molecular formula is C23H27NO5. The van der Waals surface area contributed by atoms with E-state index in [9.17, 15) is 9.59 Å². The van der Waals surface area contributed by atoms with Crippen molar-refractivity contribution in [2.24, 2.45) is 0 Å². The van der Waals surface area contributed by atoms with Gasteiger partial charge in [-0.25, -0.2) is 4.79 Å². The number of para-hydroxylation sites is 1. The van der Waals surface area contributed by atoms with Crippen LogP contribution in [0.5, 0.6) is 11.5 Å². The maximum absolute atomic E-state index is 12.2. The van der Waals surface area contributed by atoms with Crippen LogP contribution in [0.1, 0.15) is 49.5 Å². The normalized spacial score (nSPS) is 13.9. The Bertz CT molecular complexity index is 873. The minimum absolute atomic E-state index is 0.138. The second-order valence-corrected chi connectivity index (χ2v) is 7.69. The van der Waals surface area contributed by atoms with Crippen molar-refractivity contribution in [1.29, 1.82) is 0 Å². The zero-order valence-electron chi connectivity index (χ0n) is 17.1. The minimum Gasteiger partial charge on any atom is -0.483 e. The van der Waals surface area contributed by atoms with Crippen LogP contribution in [0.2, 0.25) is 0 Å². The summed E-state index contributed by atoms with van der Waals surface area (Å²) in [6, 6.07) is 12.3. The highest BCUT2D eigenvalue weighted by Crippen LogP contribution is 2.41. The number of carbonyl (C=O) groups excluding carboxylic acids is 2. The highest BCUT2D eigenvalue weighted by molar-refractivity contribution is 5.93. The molecule has 29 heavy (non-hydrogen) atoms. The first-order chi connectivity index (χ1) is 13.9. The van der Waals surface area contributed by atoms with E-state index in [0.717, 1.165) is 24.8 Å². The van der Waals surface area contributed by atoms with Crippen molar-refractivity contribution in [3.63, 3.8) is 0 Å². The summed E-state index contributed by atoms with van der Waals surface area (Å²) < 4.78 is 16.8.